The highest BCUT2D eigenvalue weighted by molar-refractivity contribution is 5.94. The van der Waals surface area contributed by atoms with Crippen molar-refractivity contribution in [3.05, 3.63) is 29.7 Å². The molecule has 1 aromatic rings. The lowest BCUT2D eigenvalue weighted by Crippen LogP contribution is -2.59. The SMILES string of the molecule is CC(OC1CCCCO1)/C(=C\c1ccco1)C(=O)ON1C(C)(C)CCCC1(C)C. The third-order valence-corrected chi connectivity index (χ3v) is 5.86. The molecule has 1 aromatic heterocycles. The van der Waals surface area contributed by atoms with Gasteiger partial charge >= 0.3 is 5.97 Å². The Balaban J connectivity index is 1.80. The third kappa shape index (κ3) is 5.50. The zero-order valence-corrected chi connectivity index (χ0v) is 18.4. The van der Waals surface area contributed by atoms with Crippen molar-refractivity contribution >= 4 is 12.0 Å². The van der Waals surface area contributed by atoms with E-state index in [1.165, 1.54) is 0 Å². The molecule has 6 heteroatoms. The predicted molar refractivity (Wildman–Crippen MR) is 111 cm³/mol. The summed E-state index contributed by atoms with van der Waals surface area (Å²) in [6.45, 7) is 11.0. The van der Waals surface area contributed by atoms with Gasteiger partial charge in [-0.2, -0.15) is 0 Å². The molecule has 29 heavy (non-hydrogen) atoms. The highest BCUT2D eigenvalue weighted by Gasteiger charge is 2.45. The van der Waals surface area contributed by atoms with Gasteiger partial charge in [0.25, 0.3) is 0 Å². The van der Waals surface area contributed by atoms with E-state index in [9.17, 15) is 4.79 Å². The molecular weight excluding hydrogens is 370 g/mol. The molecule has 2 atom stereocenters. The van der Waals surface area contributed by atoms with Gasteiger partial charge in [-0.1, -0.05) is 0 Å². The van der Waals surface area contributed by atoms with Crippen LogP contribution in [0.1, 0.15) is 78.9 Å². The Labute approximate surface area is 174 Å². The minimum atomic E-state index is -0.480. The number of furan rings is 1. The van der Waals surface area contributed by atoms with Crippen molar-refractivity contribution in [3.63, 3.8) is 0 Å². The lowest BCUT2D eigenvalue weighted by atomic mass is 9.82. The molecule has 2 aliphatic heterocycles. The number of nitrogens with zero attached hydrogens (tertiary/aromatic N) is 1. The van der Waals surface area contributed by atoms with Crippen LogP contribution in [0.4, 0.5) is 0 Å². The molecule has 0 saturated carbocycles. The van der Waals surface area contributed by atoms with Crippen LogP contribution in [-0.4, -0.2) is 41.1 Å². The van der Waals surface area contributed by atoms with Gasteiger partial charge in [0.1, 0.15) is 5.76 Å². The molecule has 3 rings (SSSR count). The molecule has 6 nitrogen and oxygen atoms in total. The van der Waals surface area contributed by atoms with Gasteiger partial charge in [-0.25, -0.2) is 4.79 Å². The predicted octanol–water partition coefficient (Wildman–Crippen LogP) is 5.10. The molecule has 2 saturated heterocycles. The largest absolute Gasteiger partial charge is 0.465 e. The van der Waals surface area contributed by atoms with Crippen LogP contribution < -0.4 is 0 Å². The van der Waals surface area contributed by atoms with Gasteiger partial charge < -0.3 is 18.7 Å². The maximum Gasteiger partial charge on any atom is 0.355 e. The van der Waals surface area contributed by atoms with Gasteiger partial charge in [0.2, 0.25) is 0 Å². The number of ether oxygens (including phenoxy) is 2. The van der Waals surface area contributed by atoms with Crippen LogP contribution in [-0.2, 0) is 19.1 Å². The van der Waals surface area contributed by atoms with Gasteiger partial charge in [-0.15, -0.1) is 5.06 Å². The number of carbonyl (C=O) groups is 1. The fraction of sp³-hybridized carbons (Fsp3) is 0.696. The Bertz CT molecular complexity index is 685. The van der Waals surface area contributed by atoms with Gasteiger partial charge in [0, 0.05) is 6.61 Å². The highest BCUT2D eigenvalue weighted by atomic mass is 16.7. The number of rotatable bonds is 6. The number of hydrogen-bond acceptors (Lipinski definition) is 6. The minimum absolute atomic E-state index is 0.232. The summed E-state index contributed by atoms with van der Waals surface area (Å²) in [6.07, 6.45) is 8.52. The maximum absolute atomic E-state index is 13.3. The van der Waals surface area contributed by atoms with Crippen LogP contribution in [0.2, 0.25) is 0 Å². The van der Waals surface area contributed by atoms with Crippen molar-refractivity contribution in [2.45, 2.75) is 96.6 Å². The summed E-state index contributed by atoms with van der Waals surface area (Å²) in [7, 11) is 0. The van der Waals surface area contributed by atoms with Crippen LogP contribution in [0.3, 0.4) is 0 Å². The van der Waals surface area contributed by atoms with E-state index in [1.807, 2.05) is 18.1 Å². The highest BCUT2D eigenvalue weighted by Crippen LogP contribution is 2.39. The summed E-state index contributed by atoms with van der Waals surface area (Å²) in [6, 6.07) is 3.60. The van der Waals surface area contributed by atoms with Crippen LogP contribution in [0, 0.1) is 0 Å². The third-order valence-electron chi connectivity index (χ3n) is 5.86. The number of hydrogen-bond donors (Lipinski definition) is 0. The average Bonchev–Trinajstić information content (AvgIpc) is 3.16. The summed E-state index contributed by atoms with van der Waals surface area (Å²) in [5.74, 6) is 0.182. The first-order valence-electron chi connectivity index (χ1n) is 10.7. The molecule has 0 aliphatic carbocycles. The molecule has 0 bridgehead atoms. The Kier molecular flexibility index (Phi) is 6.87. The topological polar surface area (TPSA) is 61.1 Å². The van der Waals surface area contributed by atoms with Crippen molar-refractivity contribution in [2.24, 2.45) is 0 Å². The van der Waals surface area contributed by atoms with Crippen molar-refractivity contribution in [1.29, 1.82) is 0 Å². The first-order chi connectivity index (χ1) is 13.7. The fourth-order valence-corrected chi connectivity index (χ4v) is 4.35. The molecule has 0 amide bonds. The van der Waals surface area contributed by atoms with Crippen molar-refractivity contribution < 1.29 is 23.5 Å². The molecule has 0 radical (unpaired) electrons. The maximum atomic E-state index is 13.3. The van der Waals surface area contributed by atoms with Crippen molar-refractivity contribution in [3.8, 4) is 0 Å². The fourth-order valence-electron chi connectivity index (χ4n) is 4.35. The van der Waals surface area contributed by atoms with Crippen LogP contribution >= 0.6 is 0 Å². The normalized spacial score (nSPS) is 26.1. The van der Waals surface area contributed by atoms with Crippen molar-refractivity contribution in [2.75, 3.05) is 6.61 Å². The van der Waals surface area contributed by atoms with E-state index >= 15 is 0 Å². The van der Waals surface area contributed by atoms with Crippen LogP contribution in [0.15, 0.2) is 28.4 Å². The van der Waals surface area contributed by atoms with Gasteiger partial charge in [-0.05, 0) is 91.4 Å². The molecule has 0 aromatic carbocycles. The van der Waals surface area contributed by atoms with E-state index in [0.29, 0.717) is 17.9 Å². The molecular formula is C23H35NO5. The molecule has 2 fully saturated rings. The van der Waals surface area contributed by atoms with E-state index in [1.54, 1.807) is 18.4 Å². The van der Waals surface area contributed by atoms with E-state index in [2.05, 4.69) is 27.7 Å². The lowest BCUT2D eigenvalue weighted by Gasteiger charge is -2.50. The smallest absolute Gasteiger partial charge is 0.355 e. The van der Waals surface area contributed by atoms with E-state index in [0.717, 1.165) is 38.5 Å². The average molecular weight is 406 g/mol. The second kappa shape index (κ2) is 9.02. The Morgan fingerprint density at radius 3 is 2.52 bits per heavy atom. The number of carbonyl (C=O) groups excluding carboxylic acids is 1. The summed E-state index contributed by atoms with van der Waals surface area (Å²) >= 11 is 0. The summed E-state index contributed by atoms with van der Waals surface area (Å²) in [5.41, 5.74) is -0.0422. The zero-order chi connectivity index (χ0) is 21.1. The molecule has 2 unspecified atom stereocenters. The van der Waals surface area contributed by atoms with Crippen molar-refractivity contribution in [1.82, 2.24) is 5.06 Å². The van der Waals surface area contributed by atoms with Gasteiger partial charge in [0.05, 0.1) is 29.0 Å². The molecule has 162 valence electrons. The van der Waals surface area contributed by atoms with E-state index in [4.69, 9.17) is 18.7 Å². The Hall–Kier alpha value is -1.63. The van der Waals surface area contributed by atoms with E-state index < -0.39 is 12.1 Å². The Morgan fingerprint density at radius 2 is 1.93 bits per heavy atom. The summed E-state index contributed by atoms with van der Waals surface area (Å²) < 4.78 is 17.2. The standard InChI is InChI=1S/C23H35NO5/c1-17(28-20-11-6-7-14-27-20)19(16-18-10-8-15-26-18)21(25)29-24-22(2,3)12-9-13-23(24,4)5/h8,10,15-17,20H,6-7,9,11-14H2,1-5H3/b19-16+. The van der Waals surface area contributed by atoms with Gasteiger partial charge in [0.15, 0.2) is 6.29 Å². The second-order valence-electron chi connectivity index (χ2n) is 9.34. The molecule has 2 aliphatic rings. The van der Waals surface area contributed by atoms with Gasteiger partial charge in [-0.3, -0.25) is 0 Å². The van der Waals surface area contributed by atoms with Crippen LogP contribution in [0.5, 0.6) is 0 Å². The number of piperidine rings is 1. The van der Waals surface area contributed by atoms with E-state index in [-0.39, 0.29) is 17.4 Å². The summed E-state index contributed by atoms with van der Waals surface area (Å²) in [4.78, 5) is 19.3. The van der Waals surface area contributed by atoms with Crippen LogP contribution in [0.25, 0.3) is 6.08 Å². The number of hydroxylamine groups is 2. The quantitative estimate of drug-likeness (QED) is 0.614. The first-order valence-corrected chi connectivity index (χ1v) is 10.7. The molecule has 0 N–H and O–H groups in total. The lowest BCUT2D eigenvalue weighted by molar-refractivity contribution is -0.263. The Morgan fingerprint density at radius 1 is 1.21 bits per heavy atom. The zero-order valence-electron chi connectivity index (χ0n) is 18.4. The second-order valence-corrected chi connectivity index (χ2v) is 9.34. The first kappa shape index (κ1) is 22.1. The summed E-state index contributed by atoms with van der Waals surface area (Å²) in [5, 5.41) is 1.87. The molecule has 3 heterocycles. The monoisotopic (exact) mass is 405 g/mol. The molecule has 0 spiro atoms. The minimum Gasteiger partial charge on any atom is -0.465 e.